The normalized spacial score (nSPS) is 15.3. The molecule has 0 bridgehead atoms. The summed E-state index contributed by atoms with van der Waals surface area (Å²) in [5.41, 5.74) is 1.33. The van der Waals surface area contributed by atoms with Gasteiger partial charge in [0, 0.05) is 32.0 Å². The molecule has 0 unspecified atom stereocenters. The second kappa shape index (κ2) is 8.34. The number of guanidine groups is 1. The lowest BCUT2D eigenvalue weighted by molar-refractivity contribution is 0.507. The van der Waals surface area contributed by atoms with Crippen molar-refractivity contribution in [3.05, 3.63) is 47.5 Å². The molecular weight excluding hydrogens is 324 g/mol. The number of hydrogen-bond donors (Lipinski definition) is 2. The van der Waals surface area contributed by atoms with Gasteiger partial charge in [0.1, 0.15) is 5.82 Å². The summed E-state index contributed by atoms with van der Waals surface area (Å²) in [6, 6.07) is 10.6. The topological polar surface area (TPSA) is 67.1 Å². The van der Waals surface area contributed by atoms with Crippen LogP contribution in [-0.2, 0) is 24.9 Å². The Labute approximate surface area is 156 Å². The minimum absolute atomic E-state index is 0.0187. The first-order valence-corrected chi connectivity index (χ1v) is 9.51. The molecule has 140 valence electrons. The minimum Gasteiger partial charge on any atom is -0.356 e. The van der Waals surface area contributed by atoms with Gasteiger partial charge in [0.15, 0.2) is 11.8 Å². The summed E-state index contributed by atoms with van der Waals surface area (Å²) in [4.78, 5) is 4.35. The number of nitrogens with one attached hydrogen (secondary N) is 2. The molecule has 6 heteroatoms. The smallest absolute Gasteiger partial charge is 0.191 e. The maximum absolute atomic E-state index is 4.37. The van der Waals surface area contributed by atoms with Crippen LogP contribution >= 0.6 is 0 Å². The van der Waals surface area contributed by atoms with Gasteiger partial charge in [-0.05, 0) is 18.4 Å². The maximum Gasteiger partial charge on any atom is 0.191 e. The number of nitrogens with zero attached hydrogens (tertiary/aromatic N) is 4. The molecule has 0 aliphatic carbocycles. The van der Waals surface area contributed by atoms with Crippen molar-refractivity contribution < 1.29 is 0 Å². The van der Waals surface area contributed by atoms with E-state index in [1.807, 2.05) is 0 Å². The number of rotatable bonds is 5. The molecule has 0 amide bonds. The van der Waals surface area contributed by atoms with E-state index in [0.29, 0.717) is 6.54 Å². The zero-order chi connectivity index (χ0) is 18.4. The van der Waals surface area contributed by atoms with Crippen molar-refractivity contribution in [2.24, 2.45) is 4.99 Å². The highest BCUT2D eigenvalue weighted by Gasteiger charge is 2.21. The van der Waals surface area contributed by atoms with E-state index < -0.39 is 0 Å². The van der Waals surface area contributed by atoms with E-state index in [1.165, 1.54) is 24.8 Å². The highest BCUT2D eigenvalue weighted by atomic mass is 15.3. The molecule has 1 aromatic heterocycles. The third kappa shape index (κ3) is 4.42. The molecule has 1 aliphatic heterocycles. The molecule has 3 rings (SSSR count). The molecule has 0 saturated heterocycles. The number of aromatic nitrogens is 3. The van der Waals surface area contributed by atoms with E-state index in [-0.39, 0.29) is 5.41 Å². The molecular formula is C20H30N6. The Hall–Kier alpha value is -2.37. The lowest BCUT2D eigenvalue weighted by Crippen LogP contribution is -2.43. The Morgan fingerprint density at radius 1 is 1.12 bits per heavy atom. The zero-order valence-corrected chi connectivity index (χ0v) is 16.1. The highest BCUT2D eigenvalue weighted by Crippen LogP contribution is 2.21. The molecule has 0 spiro atoms. The number of aliphatic imine (C=N–C) groups is 1. The summed E-state index contributed by atoms with van der Waals surface area (Å²) >= 11 is 0. The van der Waals surface area contributed by atoms with E-state index in [9.17, 15) is 0 Å². The number of hydrogen-bond acceptors (Lipinski definition) is 3. The molecule has 26 heavy (non-hydrogen) atoms. The van der Waals surface area contributed by atoms with Crippen molar-refractivity contribution in [1.82, 2.24) is 25.4 Å². The first kappa shape index (κ1) is 18.4. The standard InChI is InChI=1S/C20H30N6/c1-20(2,16-10-6-4-7-11-16)15-23-19(21-3)22-14-18-25-24-17-12-8-5-9-13-26(17)18/h4,6-7,10-11H,5,8-9,12-15H2,1-3H3,(H2,21,22,23). The van der Waals surface area contributed by atoms with Crippen LogP contribution in [0.1, 0.15) is 50.3 Å². The van der Waals surface area contributed by atoms with Crippen LogP contribution in [0.15, 0.2) is 35.3 Å². The second-order valence-corrected chi connectivity index (χ2v) is 7.52. The Bertz CT molecular complexity index is 732. The summed E-state index contributed by atoms with van der Waals surface area (Å²) in [7, 11) is 1.80. The van der Waals surface area contributed by atoms with Crippen molar-refractivity contribution >= 4 is 5.96 Å². The lowest BCUT2D eigenvalue weighted by atomic mass is 9.85. The second-order valence-electron chi connectivity index (χ2n) is 7.52. The SMILES string of the molecule is CN=C(NCc1nnc2n1CCCCC2)NCC(C)(C)c1ccccc1. The predicted octanol–water partition coefficient (Wildman–Crippen LogP) is 2.65. The average Bonchev–Trinajstić information content (AvgIpc) is 2.89. The van der Waals surface area contributed by atoms with Crippen LogP contribution in [0, 0.1) is 0 Å². The number of benzene rings is 1. The molecule has 0 radical (unpaired) electrons. The number of aryl methyl sites for hydroxylation is 1. The van der Waals surface area contributed by atoms with Gasteiger partial charge in [-0.25, -0.2) is 0 Å². The van der Waals surface area contributed by atoms with Crippen LogP contribution in [0.4, 0.5) is 0 Å². The van der Waals surface area contributed by atoms with Gasteiger partial charge in [-0.1, -0.05) is 50.6 Å². The fourth-order valence-electron chi connectivity index (χ4n) is 3.36. The van der Waals surface area contributed by atoms with E-state index in [2.05, 4.69) is 74.6 Å². The molecule has 1 aliphatic rings. The van der Waals surface area contributed by atoms with Crippen molar-refractivity contribution in [2.45, 2.75) is 58.0 Å². The summed E-state index contributed by atoms with van der Waals surface area (Å²) in [6.07, 6.45) is 4.72. The quantitative estimate of drug-likeness (QED) is 0.640. The predicted molar refractivity (Wildman–Crippen MR) is 105 cm³/mol. The largest absolute Gasteiger partial charge is 0.356 e. The zero-order valence-electron chi connectivity index (χ0n) is 16.1. The van der Waals surface area contributed by atoms with E-state index in [4.69, 9.17) is 0 Å². The van der Waals surface area contributed by atoms with Crippen LogP contribution in [0.5, 0.6) is 0 Å². The summed E-state index contributed by atoms with van der Waals surface area (Å²) < 4.78 is 2.27. The Morgan fingerprint density at radius 2 is 1.92 bits per heavy atom. The van der Waals surface area contributed by atoms with Gasteiger partial charge in [-0.2, -0.15) is 0 Å². The van der Waals surface area contributed by atoms with Crippen LogP contribution < -0.4 is 10.6 Å². The van der Waals surface area contributed by atoms with Gasteiger partial charge in [0.25, 0.3) is 0 Å². The Kier molecular flexibility index (Phi) is 5.91. The fraction of sp³-hybridized carbons (Fsp3) is 0.550. The first-order valence-electron chi connectivity index (χ1n) is 9.51. The van der Waals surface area contributed by atoms with Gasteiger partial charge in [-0.15, -0.1) is 10.2 Å². The maximum atomic E-state index is 4.37. The van der Waals surface area contributed by atoms with Crippen molar-refractivity contribution in [2.75, 3.05) is 13.6 Å². The van der Waals surface area contributed by atoms with Gasteiger partial charge >= 0.3 is 0 Å². The highest BCUT2D eigenvalue weighted by molar-refractivity contribution is 5.79. The molecule has 2 aromatic rings. The Balaban J connectivity index is 1.57. The van der Waals surface area contributed by atoms with E-state index >= 15 is 0 Å². The third-order valence-corrected chi connectivity index (χ3v) is 5.08. The monoisotopic (exact) mass is 354 g/mol. The first-order chi connectivity index (χ1) is 12.6. The van der Waals surface area contributed by atoms with Gasteiger partial charge in [0.2, 0.25) is 0 Å². The van der Waals surface area contributed by atoms with Crippen LogP contribution in [0.2, 0.25) is 0 Å². The van der Waals surface area contributed by atoms with Crippen LogP contribution in [0.25, 0.3) is 0 Å². The van der Waals surface area contributed by atoms with Crippen molar-refractivity contribution in [1.29, 1.82) is 0 Å². The van der Waals surface area contributed by atoms with Crippen molar-refractivity contribution in [3.63, 3.8) is 0 Å². The summed E-state index contributed by atoms with van der Waals surface area (Å²) in [5, 5.41) is 15.6. The average molecular weight is 355 g/mol. The number of fused-ring (bicyclic) bond motifs is 1. The third-order valence-electron chi connectivity index (χ3n) is 5.08. The molecule has 6 nitrogen and oxygen atoms in total. The molecule has 0 fully saturated rings. The van der Waals surface area contributed by atoms with E-state index in [1.54, 1.807) is 7.05 Å². The van der Waals surface area contributed by atoms with Crippen LogP contribution in [-0.4, -0.2) is 34.3 Å². The minimum atomic E-state index is 0.0187. The molecule has 0 atom stereocenters. The van der Waals surface area contributed by atoms with Gasteiger partial charge in [-0.3, -0.25) is 4.99 Å². The summed E-state index contributed by atoms with van der Waals surface area (Å²) in [6.45, 7) is 6.93. The fourth-order valence-corrected chi connectivity index (χ4v) is 3.36. The van der Waals surface area contributed by atoms with Gasteiger partial charge in [0.05, 0.1) is 6.54 Å². The molecule has 1 aromatic carbocycles. The lowest BCUT2D eigenvalue weighted by Gasteiger charge is -2.26. The molecule has 0 saturated carbocycles. The molecule has 2 N–H and O–H groups in total. The summed E-state index contributed by atoms with van der Waals surface area (Å²) in [5.74, 6) is 2.90. The van der Waals surface area contributed by atoms with Gasteiger partial charge < -0.3 is 15.2 Å². The molecule has 2 heterocycles. The van der Waals surface area contributed by atoms with Crippen LogP contribution in [0.3, 0.4) is 0 Å². The van der Waals surface area contributed by atoms with Crippen molar-refractivity contribution in [3.8, 4) is 0 Å². The Morgan fingerprint density at radius 3 is 2.69 bits per heavy atom. The van der Waals surface area contributed by atoms with E-state index in [0.717, 1.165) is 37.1 Å².